The number of nitrogens with two attached hydrogens (primary N) is 1. The van der Waals surface area contributed by atoms with Gasteiger partial charge in [0.15, 0.2) is 0 Å². The first-order chi connectivity index (χ1) is 21.7. The normalized spacial score (nSPS) is 12.8. The number of hydrogen-bond donors (Lipinski definition) is 4. The van der Waals surface area contributed by atoms with Crippen LogP contribution in [-0.2, 0) is 16.4 Å². The van der Waals surface area contributed by atoms with E-state index >= 15 is 0 Å². The van der Waals surface area contributed by atoms with Gasteiger partial charge >= 0.3 is 0 Å². The molecule has 3 amide bonds. The maximum atomic E-state index is 14.0. The number of primary amides is 1. The van der Waals surface area contributed by atoms with E-state index in [2.05, 4.69) is 10.1 Å². The summed E-state index contributed by atoms with van der Waals surface area (Å²) >= 11 is 0. The average Bonchev–Trinajstić information content (AvgIpc) is 2.99. The van der Waals surface area contributed by atoms with Crippen LogP contribution in [0.2, 0.25) is 0 Å². The number of nitrogens with one attached hydrogen (secondary N) is 2. The molecule has 0 aliphatic rings. The van der Waals surface area contributed by atoms with Crippen molar-refractivity contribution < 1.29 is 36.7 Å². The second-order valence-corrected chi connectivity index (χ2v) is 12.5. The molecule has 46 heavy (non-hydrogen) atoms. The van der Waals surface area contributed by atoms with Crippen LogP contribution < -0.4 is 15.9 Å². The van der Waals surface area contributed by atoms with E-state index in [1.807, 2.05) is 13.8 Å². The molecule has 2 unspecified atom stereocenters. The molecule has 0 bridgehead atoms. The number of aliphatic hydroxyl groups is 1. The number of hydrazine groups is 1. The van der Waals surface area contributed by atoms with Crippen LogP contribution in [0.25, 0.3) is 0 Å². The quantitative estimate of drug-likeness (QED) is 0.172. The molecule has 3 aromatic rings. The SMILES string of the molecule is CCCN(CCC)C(=O)c1cc(C(N)=O)cc(C(=O)NC(Cc2cc(F)cc(F)c2)C(O)CN(C)NS(=O)(=O)c2ccccc2)c1. The lowest BCUT2D eigenvalue weighted by Crippen LogP contribution is -2.52. The fourth-order valence-corrected chi connectivity index (χ4v) is 5.99. The van der Waals surface area contributed by atoms with Gasteiger partial charge < -0.3 is 21.1 Å². The van der Waals surface area contributed by atoms with Crippen LogP contribution in [-0.4, -0.2) is 80.0 Å². The molecule has 5 N–H and O–H groups in total. The standard InChI is InChI=1S/C32H39F2N5O6S/c1-4-11-39(12-5-2)32(43)24-17-22(30(35)41)16-23(18-24)31(42)36-28(15-21-13-25(33)19-26(34)14-21)29(40)20-38(3)37-46(44,45)27-9-7-6-8-10-27/h6-10,13-14,16-19,28-29,37,40H,4-5,11-12,15,20H2,1-3H3,(H2,35,41)(H,36,42). The molecule has 0 saturated carbocycles. The van der Waals surface area contributed by atoms with Gasteiger partial charge in [-0.1, -0.05) is 32.0 Å². The van der Waals surface area contributed by atoms with Crippen molar-refractivity contribution in [3.8, 4) is 0 Å². The Balaban J connectivity index is 1.92. The molecule has 0 fully saturated rings. The largest absolute Gasteiger partial charge is 0.390 e. The maximum absolute atomic E-state index is 14.0. The molecular weight excluding hydrogens is 620 g/mol. The van der Waals surface area contributed by atoms with Crippen molar-refractivity contribution in [2.75, 3.05) is 26.7 Å². The van der Waals surface area contributed by atoms with Gasteiger partial charge in [0.1, 0.15) is 11.6 Å². The molecule has 0 aliphatic carbocycles. The van der Waals surface area contributed by atoms with Gasteiger partial charge in [-0.05, 0) is 67.3 Å². The van der Waals surface area contributed by atoms with Crippen LogP contribution in [0, 0.1) is 11.6 Å². The molecular formula is C32H39F2N5O6S. The number of carbonyl (C=O) groups excluding carboxylic acids is 3. The summed E-state index contributed by atoms with van der Waals surface area (Å²) in [6, 6.07) is 12.9. The summed E-state index contributed by atoms with van der Waals surface area (Å²) in [6.45, 7) is 4.37. The molecule has 0 radical (unpaired) electrons. The number of likely N-dealkylation sites (N-methyl/N-ethyl adjacent to an activating group) is 1. The third-order valence-corrected chi connectivity index (χ3v) is 8.40. The van der Waals surface area contributed by atoms with Gasteiger partial charge in [-0.2, -0.15) is 0 Å². The second-order valence-electron chi connectivity index (χ2n) is 10.9. The van der Waals surface area contributed by atoms with E-state index in [0.29, 0.717) is 32.0 Å². The van der Waals surface area contributed by atoms with E-state index in [1.165, 1.54) is 37.4 Å². The van der Waals surface area contributed by atoms with E-state index in [4.69, 9.17) is 5.73 Å². The number of nitrogens with zero attached hydrogens (tertiary/aromatic N) is 2. The lowest BCUT2D eigenvalue weighted by Gasteiger charge is -2.28. The van der Waals surface area contributed by atoms with Crippen LogP contribution in [0.1, 0.15) is 63.3 Å². The first-order valence-electron chi connectivity index (χ1n) is 14.7. The highest BCUT2D eigenvalue weighted by Gasteiger charge is 2.27. The van der Waals surface area contributed by atoms with E-state index in [0.717, 1.165) is 17.1 Å². The Morgan fingerprint density at radius 3 is 2.02 bits per heavy atom. The van der Waals surface area contributed by atoms with Crippen LogP contribution in [0.5, 0.6) is 0 Å². The van der Waals surface area contributed by atoms with Gasteiger partial charge in [-0.25, -0.2) is 22.2 Å². The third kappa shape index (κ3) is 10.1. The molecule has 0 heterocycles. The van der Waals surface area contributed by atoms with Gasteiger partial charge in [0, 0.05) is 49.4 Å². The highest BCUT2D eigenvalue weighted by molar-refractivity contribution is 7.89. The van der Waals surface area contributed by atoms with Crippen molar-refractivity contribution in [1.82, 2.24) is 20.1 Å². The molecule has 248 valence electrons. The van der Waals surface area contributed by atoms with Crippen LogP contribution in [0.4, 0.5) is 8.78 Å². The molecule has 0 saturated heterocycles. The molecule has 2 atom stereocenters. The third-order valence-electron chi connectivity index (χ3n) is 6.95. The number of aliphatic hydroxyl groups excluding tert-OH is 1. The van der Waals surface area contributed by atoms with E-state index in [-0.39, 0.29) is 40.1 Å². The molecule has 3 aromatic carbocycles. The molecule has 0 aromatic heterocycles. The molecule has 0 spiro atoms. The number of sulfonamides is 1. The summed E-state index contributed by atoms with van der Waals surface area (Å²) in [6.07, 6.45) is -0.373. The minimum atomic E-state index is -4.01. The number of amides is 3. The van der Waals surface area contributed by atoms with Gasteiger partial charge in [0.2, 0.25) is 5.91 Å². The van der Waals surface area contributed by atoms with Gasteiger partial charge in [0.25, 0.3) is 21.8 Å². The number of halogens is 2. The highest BCUT2D eigenvalue weighted by atomic mass is 32.2. The fraction of sp³-hybridized carbons (Fsp3) is 0.344. The lowest BCUT2D eigenvalue weighted by atomic mass is 9.99. The van der Waals surface area contributed by atoms with E-state index in [9.17, 15) is 36.7 Å². The van der Waals surface area contributed by atoms with Gasteiger partial charge in [-0.15, -0.1) is 4.83 Å². The Kier molecular flexibility index (Phi) is 12.9. The average molecular weight is 660 g/mol. The van der Waals surface area contributed by atoms with E-state index < -0.39 is 51.5 Å². The topological polar surface area (TPSA) is 162 Å². The predicted molar refractivity (Wildman–Crippen MR) is 168 cm³/mol. The van der Waals surface area contributed by atoms with E-state index in [1.54, 1.807) is 23.1 Å². The van der Waals surface area contributed by atoms with Crippen LogP contribution >= 0.6 is 0 Å². The highest BCUT2D eigenvalue weighted by Crippen LogP contribution is 2.17. The zero-order valence-corrected chi connectivity index (χ0v) is 26.7. The number of benzene rings is 3. The van der Waals surface area contributed by atoms with Gasteiger partial charge in [-0.3, -0.25) is 14.4 Å². The smallest absolute Gasteiger partial charge is 0.253 e. The summed E-state index contributed by atoms with van der Waals surface area (Å²) in [7, 11) is -2.65. The maximum Gasteiger partial charge on any atom is 0.253 e. The predicted octanol–water partition coefficient (Wildman–Crippen LogP) is 2.85. The Morgan fingerprint density at radius 1 is 0.891 bits per heavy atom. The number of rotatable bonds is 16. The Bertz CT molecular complexity index is 1610. The minimum absolute atomic E-state index is 0.0208. The van der Waals surface area contributed by atoms with Crippen molar-refractivity contribution >= 4 is 27.7 Å². The van der Waals surface area contributed by atoms with Crippen molar-refractivity contribution in [3.05, 3.63) is 101 Å². The second kappa shape index (κ2) is 16.4. The zero-order valence-electron chi connectivity index (χ0n) is 25.9. The van der Waals surface area contributed by atoms with Crippen molar-refractivity contribution in [3.63, 3.8) is 0 Å². The summed E-state index contributed by atoms with van der Waals surface area (Å²) in [4.78, 5) is 42.9. The molecule has 3 rings (SSSR count). The minimum Gasteiger partial charge on any atom is -0.390 e. The van der Waals surface area contributed by atoms with Crippen molar-refractivity contribution in [2.24, 2.45) is 5.73 Å². The Hall–Kier alpha value is -4.24. The Labute approximate surface area is 267 Å². The summed E-state index contributed by atoms with van der Waals surface area (Å²) in [5.74, 6) is -3.84. The van der Waals surface area contributed by atoms with Crippen molar-refractivity contribution in [1.29, 1.82) is 0 Å². The van der Waals surface area contributed by atoms with Gasteiger partial charge in [0.05, 0.1) is 17.0 Å². The fourth-order valence-electron chi connectivity index (χ4n) is 4.88. The lowest BCUT2D eigenvalue weighted by molar-refractivity contribution is 0.0687. The van der Waals surface area contributed by atoms with Crippen LogP contribution in [0.3, 0.4) is 0 Å². The first kappa shape index (κ1) is 36.2. The number of carbonyl (C=O) groups is 3. The summed E-state index contributed by atoms with van der Waals surface area (Å²) < 4.78 is 53.6. The Morgan fingerprint density at radius 2 is 1.46 bits per heavy atom. The van der Waals surface area contributed by atoms with Crippen molar-refractivity contribution in [2.45, 2.75) is 50.2 Å². The summed E-state index contributed by atoms with van der Waals surface area (Å²) in [5.41, 5.74) is 5.45. The van der Waals surface area contributed by atoms with Crippen LogP contribution in [0.15, 0.2) is 71.6 Å². The molecule has 14 heteroatoms. The molecule has 11 nitrogen and oxygen atoms in total. The summed E-state index contributed by atoms with van der Waals surface area (Å²) in [5, 5.41) is 14.9. The first-order valence-corrected chi connectivity index (χ1v) is 16.2. The monoisotopic (exact) mass is 659 g/mol. The number of hydrogen-bond acceptors (Lipinski definition) is 7. The zero-order chi connectivity index (χ0) is 34.0. The molecule has 0 aliphatic heterocycles.